The molecule has 4 nitrogen and oxygen atoms in total. The van der Waals surface area contributed by atoms with E-state index in [0.717, 1.165) is 48.2 Å². The van der Waals surface area contributed by atoms with Crippen LogP contribution in [0.2, 0.25) is 5.02 Å². The Labute approximate surface area is 165 Å². The minimum Gasteiger partial charge on any atom is -0.337 e. The number of pyridine rings is 1. The van der Waals surface area contributed by atoms with Crippen LogP contribution in [-0.2, 0) is 20.0 Å². The van der Waals surface area contributed by atoms with Crippen molar-refractivity contribution >= 4 is 11.6 Å². The predicted octanol–water partition coefficient (Wildman–Crippen LogP) is 4.44. The summed E-state index contributed by atoms with van der Waals surface area (Å²) in [7, 11) is 2.06. The van der Waals surface area contributed by atoms with Crippen LogP contribution >= 0.6 is 11.6 Å². The van der Waals surface area contributed by atoms with E-state index in [9.17, 15) is 0 Å². The zero-order valence-electron chi connectivity index (χ0n) is 15.7. The molecule has 0 spiro atoms. The van der Waals surface area contributed by atoms with Gasteiger partial charge in [0.25, 0.3) is 0 Å². The third-order valence-corrected chi connectivity index (χ3v) is 5.74. The summed E-state index contributed by atoms with van der Waals surface area (Å²) < 4.78 is 2.10. The fraction of sp³-hybridized carbons (Fsp3) is 0.364. The normalized spacial score (nSPS) is 17.9. The highest BCUT2D eigenvalue weighted by atomic mass is 35.5. The Balaban J connectivity index is 1.46. The molecule has 1 saturated heterocycles. The number of hydrogen-bond donors (Lipinski definition) is 0. The molecule has 4 rings (SSSR count). The minimum absolute atomic E-state index is 0.477. The number of piperidine rings is 1. The van der Waals surface area contributed by atoms with Crippen LogP contribution in [0, 0.1) is 0 Å². The van der Waals surface area contributed by atoms with E-state index in [2.05, 4.69) is 45.8 Å². The van der Waals surface area contributed by atoms with Crippen molar-refractivity contribution in [2.75, 3.05) is 13.1 Å². The van der Waals surface area contributed by atoms with Crippen LogP contribution < -0.4 is 0 Å². The lowest BCUT2D eigenvalue weighted by molar-refractivity contribution is 0.192. The number of hydrogen-bond acceptors (Lipinski definition) is 3. The van der Waals surface area contributed by atoms with Gasteiger partial charge in [-0.05, 0) is 43.1 Å². The van der Waals surface area contributed by atoms with Crippen LogP contribution in [0.4, 0.5) is 0 Å². The molecule has 0 aliphatic carbocycles. The number of rotatable bonds is 5. The summed E-state index contributed by atoms with van der Waals surface area (Å²) in [4.78, 5) is 11.9. The summed E-state index contributed by atoms with van der Waals surface area (Å²) in [5.74, 6) is 1.60. The van der Waals surface area contributed by atoms with Gasteiger partial charge in [0.1, 0.15) is 5.82 Å². The van der Waals surface area contributed by atoms with Crippen LogP contribution in [0.5, 0.6) is 0 Å². The Morgan fingerprint density at radius 2 is 2.04 bits per heavy atom. The second-order valence-electron chi connectivity index (χ2n) is 7.35. The molecule has 1 aliphatic heterocycles. The Bertz CT molecular complexity index is 905. The Morgan fingerprint density at radius 3 is 2.85 bits per heavy atom. The SMILES string of the molecule is Cn1ccnc1CN1CCC[C@H](c2cccc(Cc3ccccc3Cl)n2)C1. The number of halogens is 1. The molecule has 0 amide bonds. The largest absolute Gasteiger partial charge is 0.337 e. The zero-order valence-corrected chi connectivity index (χ0v) is 16.4. The first-order valence-electron chi connectivity index (χ1n) is 9.57. The average molecular weight is 381 g/mol. The van der Waals surface area contributed by atoms with Gasteiger partial charge >= 0.3 is 0 Å². The van der Waals surface area contributed by atoms with Crippen LogP contribution in [0.1, 0.15) is 41.5 Å². The number of aromatic nitrogens is 3. The molecule has 0 saturated carbocycles. The Kier molecular flexibility index (Phi) is 5.55. The molecule has 2 aromatic heterocycles. The molecule has 27 heavy (non-hydrogen) atoms. The molecule has 140 valence electrons. The monoisotopic (exact) mass is 380 g/mol. The zero-order chi connectivity index (χ0) is 18.6. The highest BCUT2D eigenvalue weighted by molar-refractivity contribution is 6.31. The Hall–Kier alpha value is -2.17. The topological polar surface area (TPSA) is 34.0 Å². The van der Waals surface area contributed by atoms with Gasteiger partial charge < -0.3 is 4.57 Å². The number of likely N-dealkylation sites (tertiary alicyclic amines) is 1. The van der Waals surface area contributed by atoms with Crippen molar-refractivity contribution < 1.29 is 0 Å². The average Bonchev–Trinajstić information content (AvgIpc) is 3.09. The number of nitrogens with zero attached hydrogens (tertiary/aromatic N) is 4. The molecule has 0 N–H and O–H groups in total. The lowest BCUT2D eigenvalue weighted by Gasteiger charge is -2.32. The quantitative estimate of drug-likeness (QED) is 0.656. The first-order valence-corrected chi connectivity index (χ1v) is 9.94. The lowest BCUT2D eigenvalue weighted by atomic mass is 9.94. The fourth-order valence-corrected chi connectivity index (χ4v) is 4.05. The molecule has 0 radical (unpaired) electrons. The summed E-state index contributed by atoms with van der Waals surface area (Å²) in [5.41, 5.74) is 3.41. The molecule has 1 aromatic carbocycles. The van der Waals surface area contributed by atoms with E-state index < -0.39 is 0 Å². The van der Waals surface area contributed by atoms with E-state index in [-0.39, 0.29) is 0 Å². The third kappa shape index (κ3) is 4.40. The maximum Gasteiger partial charge on any atom is 0.122 e. The molecule has 1 atom stereocenters. The molecule has 1 fully saturated rings. The summed E-state index contributed by atoms with van der Waals surface area (Å²) in [6.45, 7) is 3.07. The molecular formula is C22H25ClN4. The molecule has 3 heterocycles. The van der Waals surface area contributed by atoms with Gasteiger partial charge in [-0.1, -0.05) is 35.9 Å². The van der Waals surface area contributed by atoms with Gasteiger partial charge in [0, 0.05) is 54.7 Å². The van der Waals surface area contributed by atoms with E-state index in [1.54, 1.807) is 0 Å². The van der Waals surface area contributed by atoms with Gasteiger partial charge in [0.05, 0.1) is 6.54 Å². The standard InChI is InChI=1S/C22H25ClN4/c1-26-13-11-24-22(26)16-27-12-5-7-18(15-27)21-10-4-8-19(25-21)14-17-6-2-3-9-20(17)23/h2-4,6,8-11,13,18H,5,7,12,14-16H2,1H3/t18-/m0/s1. The lowest BCUT2D eigenvalue weighted by Crippen LogP contribution is -2.35. The van der Waals surface area contributed by atoms with Crippen molar-refractivity contribution in [2.45, 2.75) is 31.7 Å². The molecule has 0 unspecified atom stereocenters. The summed E-state index contributed by atoms with van der Waals surface area (Å²) in [6.07, 6.45) is 7.05. The Morgan fingerprint density at radius 1 is 1.15 bits per heavy atom. The molecule has 1 aliphatic rings. The molecule has 0 bridgehead atoms. The summed E-state index contributed by atoms with van der Waals surface area (Å²) >= 11 is 6.32. The van der Waals surface area contributed by atoms with Crippen molar-refractivity contribution in [1.82, 2.24) is 19.4 Å². The maximum absolute atomic E-state index is 6.32. The fourth-order valence-electron chi connectivity index (χ4n) is 3.85. The van der Waals surface area contributed by atoms with Crippen molar-refractivity contribution in [3.05, 3.63) is 82.7 Å². The van der Waals surface area contributed by atoms with Gasteiger partial charge in [-0.2, -0.15) is 0 Å². The third-order valence-electron chi connectivity index (χ3n) is 5.37. The van der Waals surface area contributed by atoms with E-state index in [1.807, 2.05) is 30.6 Å². The first-order chi connectivity index (χ1) is 13.2. The van der Waals surface area contributed by atoms with Crippen LogP contribution in [0.25, 0.3) is 0 Å². The van der Waals surface area contributed by atoms with Gasteiger partial charge in [-0.3, -0.25) is 9.88 Å². The number of imidazole rings is 1. The van der Waals surface area contributed by atoms with Crippen molar-refractivity contribution in [3.63, 3.8) is 0 Å². The van der Waals surface area contributed by atoms with E-state index in [1.165, 1.54) is 18.5 Å². The van der Waals surface area contributed by atoms with E-state index >= 15 is 0 Å². The molecule has 3 aromatic rings. The minimum atomic E-state index is 0.477. The van der Waals surface area contributed by atoms with Crippen LogP contribution in [0.15, 0.2) is 54.9 Å². The second-order valence-corrected chi connectivity index (χ2v) is 7.76. The van der Waals surface area contributed by atoms with Gasteiger partial charge in [0.15, 0.2) is 0 Å². The van der Waals surface area contributed by atoms with Crippen LogP contribution in [0.3, 0.4) is 0 Å². The summed E-state index contributed by atoms with van der Waals surface area (Å²) in [5, 5.41) is 0.809. The van der Waals surface area contributed by atoms with E-state index in [4.69, 9.17) is 16.6 Å². The summed E-state index contributed by atoms with van der Waals surface area (Å²) in [6, 6.07) is 14.4. The number of benzene rings is 1. The van der Waals surface area contributed by atoms with Crippen molar-refractivity contribution in [3.8, 4) is 0 Å². The smallest absolute Gasteiger partial charge is 0.122 e. The van der Waals surface area contributed by atoms with Crippen LogP contribution in [-0.4, -0.2) is 32.5 Å². The van der Waals surface area contributed by atoms with Crippen molar-refractivity contribution in [2.24, 2.45) is 7.05 Å². The first kappa shape index (κ1) is 18.2. The maximum atomic E-state index is 6.32. The van der Waals surface area contributed by atoms with E-state index in [0.29, 0.717) is 5.92 Å². The second kappa shape index (κ2) is 8.24. The number of aryl methyl sites for hydroxylation is 1. The van der Waals surface area contributed by atoms with Crippen molar-refractivity contribution in [1.29, 1.82) is 0 Å². The molecular weight excluding hydrogens is 356 g/mol. The predicted molar refractivity (Wildman–Crippen MR) is 109 cm³/mol. The van der Waals surface area contributed by atoms with Gasteiger partial charge in [-0.25, -0.2) is 4.98 Å². The highest BCUT2D eigenvalue weighted by Gasteiger charge is 2.23. The highest BCUT2D eigenvalue weighted by Crippen LogP contribution is 2.27. The van der Waals surface area contributed by atoms with Gasteiger partial charge in [-0.15, -0.1) is 0 Å². The molecule has 5 heteroatoms. The van der Waals surface area contributed by atoms with Gasteiger partial charge in [0.2, 0.25) is 0 Å².